The lowest BCUT2D eigenvalue weighted by atomic mass is 9.97. The maximum atomic E-state index is 14.3. The zero-order valence-corrected chi connectivity index (χ0v) is 22.1. The number of Topliss-reactive ketones (excluding diaryl/α,β-unsaturated/α-hetero) is 1. The van der Waals surface area contributed by atoms with Crippen molar-refractivity contribution >= 4 is 23.3 Å². The Balaban J connectivity index is 1.75. The van der Waals surface area contributed by atoms with Crippen LogP contribution < -0.4 is 16.0 Å². The summed E-state index contributed by atoms with van der Waals surface area (Å²) in [5.74, 6) is -1.66. The van der Waals surface area contributed by atoms with E-state index in [-0.39, 0.29) is 17.8 Å². The number of carbonyl (C=O) groups is 2. The summed E-state index contributed by atoms with van der Waals surface area (Å²) in [5.41, 5.74) is 6.42. The van der Waals surface area contributed by atoms with Gasteiger partial charge in [0.2, 0.25) is 0 Å². The monoisotopic (exact) mass is 552 g/mol. The van der Waals surface area contributed by atoms with Crippen molar-refractivity contribution in [3.8, 4) is 22.6 Å². The molecule has 0 fully saturated rings. The predicted molar refractivity (Wildman–Crippen MR) is 143 cm³/mol. The minimum Gasteiger partial charge on any atom is -0.495 e. The molecule has 0 saturated heterocycles. The molecule has 1 unspecified atom stereocenters. The molecule has 12 heteroatoms. The molecule has 39 heavy (non-hydrogen) atoms. The van der Waals surface area contributed by atoms with Crippen molar-refractivity contribution in [2.75, 3.05) is 7.11 Å². The largest absolute Gasteiger partial charge is 0.495 e. The number of benzene rings is 2. The van der Waals surface area contributed by atoms with Crippen molar-refractivity contribution in [3.63, 3.8) is 0 Å². The van der Waals surface area contributed by atoms with Crippen LogP contribution in [0.1, 0.15) is 48.1 Å². The fourth-order valence-electron chi connectivity index (χ4n) is 4.38. The summed E-state index contributed by atoms with van der Waals surface area (Å²) in [5, 5.41) is 11.7. The molecule has 1 atom stereocenters. The van der Waals surface area contributed by atoms with Gasteiger partial charge in [-0.2, -0.15) is 4.68 Å². The zero-order valence-electron chi connectivity index (χ0n) is 21.3. The number of amides is 1. The van der Waals surface area contributed by atoms with E-state index < -0.39 is 23.3 Å². The molecule has 0 spiro atoms. The van der Waals surface area contributed by atoms with Crippen LogP contribution in [0.2, 0.25) is 5.02 Å². The van der Waals surface area contributed by atoms with E-state index in [4.69, 9.17) is 22.1 Å². The van der Waals surface area contributed by atoms with Gasteiger partial charge < -0.3 is 15.0 Å². The molecular formula is C27H26ClFN6O4. The molecule has 4 rings (SSSR count). The number of hydrogen-bond acceptors (Lipinski definition) is 7. The Morgan fingerprint density at radius 1 is 1.15 bits per heavy atom. The number of hydrogen-bond donors (Lipinski definition) is 1. The van der Waals surface area contributed by atoms with Crippen molar-refractivity contribution in [2.24, 2.45) is 5.73 Å². The van der Waals surface area contributed by atoms with Gasteiger partial charge in [-0.15, -0.1) is 5.10 Å². The fraction of sp³-hybridized carbons (Fsp3) is 0.259. The molecule has 2 aromatic heterocycles. The molecule has 0 bridgehead atoms. The Morgan fingerprint density at radius 3 is 2.59 bits per heavy atom. The van der Waals surface area contributed by atoms with Gasteiger partial charge in [-0.05, 0) is 52.7 Å². The lowest BCUT2D eigenvalue weighted by Gasteiger charge is -2.21. The minimum atomic E-state index is -0.895. The molecule has 0 aliphatic carbocycles. The molecule has 2 heterocycles. The van der Waals surface area contributed by atoms with Crippen LogP contribution in [0.5, 0.6) is 5.75 Å². The van der Waals surface area contributed by atoms with Gasteiger partial charge in [0.1, 0.15) is 17.9 Å². The number of pyridine rings is 1. The summed E-state index contributed by atoms with van der Waals surface area (Å²) in [4.78, 5) is 38.3. The first-order chi connectivity index (χ1) is 18.7. The van der Waals surface area contributed by atoms with Crippen molar-refractivity contribution in [3.05, 3.63) is 87.3 Å². The lowest BCUT2D eigenvalue weighted by Crippen LogP contribution is -2.30. The number of unbranched alkanes of at least 4 members (excludes halogenated alkanes) is 1. The van der Waals surface area contributed by atoms with Crippen molar-refractivity contribution < 1.29 is 18.7 Å². The van der Waals surface area contributed by atoms with E-state index in [1.807, 2.05) is 6.92 Å². The quantitative estimate of drug-likeness (QED) is 0.298. The maximum absolute atomic E-state index is 14.3. The van der Waals surface area contributed by atoms with E-state index in [9.17, 15) is 18.8 Å². The second kappa shape index (κ2) is 12.0. The number of primary amides is 1. The third kappa shape index (κ3) is 6.04. The number of tetrazole rings is 1. The van der Waals surface area contributed by atoms with E-state index in [0.717, 1.165) is 12.5 Å². The number of halogens is 2. The molecule has 0 aliphatic rings. The van der Waals surface area contributed by atoms with Crippen LogP contribution in [0, 0.1) is 5.82 Å². The fourth-order valence-corrected chi connectivity index (χ4v) is 4.55. The van der Waals surface area contributed by atoms with Crippen LogP contribution >= 0.6 is 11.6 Å². The number of aromatic nitrogens is 5. The van der Waals surface area contributed by atoms with Gasteiger partial charge in [0.15, 0.2) is 5.78 Å². The summed E-state index contributed by atoms with van der Waals surface area (Å²) in [6, 6.07) is 9.46. The standard InChI is InChI=1S/C27H26ClFN6O4/c1-3-4-5-23(24(36)11-16-6-8-18(27(30)38)21(29)10-16)34-14-25(39-2)20(13-26(34)37)19-12-17(28)7-9-22(19)35-15-31-32-33-35/h6-10,12-15,23H,3-5,11H2,1-2H3,(H2,30,38). The normalized spacial score (nSPS) is 11.8. The topological polar surface area (TPSA) is 135 Å². The molecule has 4 aromatic rings. The Hall–Kier alpha value is -4.38. The van der Waals surface area contributed by atoms with Crippen LogP contribution in [0.3, 0.4) is 0 Å². The van der Waals surface area contributed by atoms with Crippen LogP contribution in [0.4, 0.5) is 4.39 Å². The van der Waals surface area contributed by atoms with E-state index >= 15 is 0 Å². The molecule has 1 amide bonds. The first-order valence-corrected chi connectivity index (χ1v) is 12.6. The zero-order chi connectivity index (χ0) is 28.1. The highest BCUT2D eigenvalue weighted by atomic mass is 35.5. The molecular weight excluding hydrogens is 527 g/mol. The van der Waals surface area contributed by atoms with E-state index in [1.54, 1.807) is 18.2 Å². The molecule has 2 aromatic carbocycles. The summed E-state index contributed by atoms with van der Waals surface area (Å²) in [6.07, 6.45) is 4.65. The molecule has 0 saturated carbocycles. The Kier molecular flexibility index (Phi) is 8.50. The van der Waals surface area contributed by atoms with Gasteiger partial charge in [-0.1, -0.05) is 37.4 Å². The van der Waals surface area contributed by atoms with Gasteiger partial charge in [-0.3, -0.25) is 14.4 Å². The summed E-state index contributed by atoms with van der Waals surface area (Å²) < 4.78 is 22.7. The Bertz CT molecular complexity index is 1570. The number of ether oxygens (including phenoxy) is 1. The van der Waals surface area contributed by atoms with E-state index in [0.29, 0.717) is 46.0 Å². The molecule has 2 N–H and O–H groups in total. The van der Waals surface area contributed by atoms with Crippen LogP contribution in [0.25, 0.3) is 16.8 Å². The third-order valence-corrected chi connectivity index (χ3v) is 6.56. The summed E-state index contributed by atoms with van der Waals surface area (Å²) in [7, 11) is 1.46. The van der Waals surface area contributed by atoms with E-state index in [1.165, 1.54) is 47.1 Å². The number of ketones is 1. The Labute approximate surface area is 228 Å². The SMILES string of the molecule is CCCCC(C(=O)Cc1ccc(C(N)=O)c(F)c1)n1cc(OC)c(-c2cc(Cl)ccc2-n2cnnn2)cc1=O. The molecule has 202 valence electrons. The molecule has 0 aliphatic heterocycles. The van der Waals surface area contributed by atoms with Crippen molar-refractivity contribution in [1.82, 2.24) is 24.8 Å². The Morgan fingerprint density at radius 2 is 1.95 bits per heavy atom. The number of methoxy groups -OCH3 is 1. The van der Waals surface area contributed by atoms with Gasteiger partial charge in [0.25, 0.3) is 11.5 Å². The van der Waals surface area contributed by atoms with Crippen LogP contribution in [0.15, 0.2) is 59.8 Å². The average molecular weight is 553 g/mol. The maximum Gasteiger partial charge on any atom is 0.252 e. The highest BCUT2D eigenvalue weighted by Gasteiger charge is 2.24. The predicted octanol–water partition coefficient (Wildman–Crippen LogP) is 3.93. The van der Waals surface area contributed by atoms with E-state index in [2.05, 4.69) is 15.5 Å². The first-order valence-electron chi connectivity index (χ1n) is 12.2. The highest BCUT2D eigenvalue weighted by molar-refractivity contribution is 6.31. The smallest absolute Gasteiger partial charge is 0.252 e. The average Bonchev–Trinajstić information content (AvgIpc) is 3.44. The summed E-state index contributed by atoms with van der Waals surface area (Å²) in [6.45, 7) is 1.98. The second-order valence-corrected chi connectivity index (χ2v) is 9.33. The van der Waals surface area contributed by atoms with Crippen LogP contribution in [-0.2, 0) is 11.2 Å². The van der Waals surface area contributed by atoms with Gasteiger partial charge in [0.05, 0.1) is 30.6 Å². The van der Waals surface area contributed by atoms with Crippen molar-refractivity contribution in [1.29, 1.82) is 0 Å². The minimum absolute atomic E-state index is 0.140. The number of nitrogens with zero attached hydrogens (tertiary/aromatic N) is 5. The third-order valence-electron chi connectivity index (χ3n) is 6.32. The van der Waals surface area contributed by atoms with Crippen LogP contribution in [-0.4, -0.2) is 43.6 Å². The summed E-state index contributed by atoms with van der Waals surface area (Å²) >= 11 is 6.28. The van der Waals surface area contributed by atoms with Gasteiger partial charge in [-0.25, -0.2) is 4.39 Å². The van der Waals surface area contributed by atoms with Crippen molar-refractivity contribution in [2.45, 2.75) is 38.6 Å². The number of rotatable bonds is 11. The lowest BCUT2D eigenvalue weighted by molar-refractivity contribution is -0.121. The molecule has 0 radical (unpaired) electrons. The highest BCUT2D eigenvalue weighted by Crippen LogP contribution is 2.35. The first kappa shape index (κ1) is 27.6. The molecule has 10 nitrogen and oxygen atoms in total. The van der Waals surface area contributed by atoms with Gasteiger partial charge in [0, 0.05) is 28.6 Å². The second-order valence-electron chi connectivity index (χ2n) is 8.90. The number of nitrogens with two attached hydrogens (primary N) is 1. The van der Waals surface area contributed by atoms with Gasteiger partial charge >= 0.3 is 0 Å². The number of carbonyl (C=O) groups excluding carboxylic acids is 2.